The second kappa shape index (κ2) is 4.06. The molecule has 68 valence electrons. The zero-order valence-electron chi connectivity index (χ0n) is 7.50. The summed E-state index contributed by atoms with van der Waals surface area (Å²) in [6, 6.07) is -0.242. The lowest BCUT2D eigenvalue weighted by molar-refractivity contribution is 0.0951. The minimum Gasteiger partial charge on any atom is -0.338 e. The summed E-state index contributed by atoms with van der Waals surface area (Å²) in [7, 11) is 0. The largest absolute Gasteiger partial charge is 0.338 e. The average molecular weight is 194 g/mol. The fourth-order valence-electron chi connectivity index (χ4n) is 0.824. The van der Waals surface area contributed by atoms with Crippen LogP contribution in [-0.4, -0.2) is 16.9 Å². The first-order valence-electron chi connectivity index (χ1n) is 3.82. The smallest absolute Gasteiger partial charge is 0.264 e. The van der Waals surface area contributed by atoms with Crippen LogP contribution in [0.3, 0.4) is 0 Å². The Balaban J connectivity index is 2.71. The molecule has 0 aromatic carbocycles. The van der Waals surface area contributed by atoms with E-state index in [-0.39, 0.29) is 11.9 Å². The molecule has 0 fully saturated rings. The highest BCUT2D eigenvalue weighted by Crippen LogP contribution is 2.11. The first-order valence-corrected chi connectivity index (χ1v) is 4.70. The molecule has 0 spiro atoms. The molecule has 0 aliphatic heterocycles. The normalized spacial score (nSPS) is 11.8. The van der Waals surface area contributed by atoms with E-state index < -0.39 is 0 Å². The molecule has 0 radical (unpaired) electrons. The average Bonchev–Trinajstić information content (AvgIpc) is 2.51. The van der Waals surface area contributed by atoms with Crippen molar-refractivity contribution < 1.29 is 4.79 Å². The third-order valence-electron chi connectivity index (χ3n) is 1.55. The van der Waals surface area contributed by atoms with Gasteiger partial charge in [-0.1, -0.05) is 5.92 Å². The number of rotatable bonds is 2. The van der Waals surface area contributed by atoms with Gasteiger partial charge in [0.2, 0.25) is 0 Å². The molecule has 0 aliphatic carbocycles. The van der Waals surface area contributed by atoms with Crippen LogP contribution in [0.2, 0.25) is 0 Å². The van der Waals surface area contributed by atoms with Crippen LogP contribution in [0.1, 0.15) is 22.3 Å². The van der Waals surface area contributed by atoms with E-state index in [9.17, 15) is 4.79 Å². The summed E-state index contributed by atoms with van der Waals surface area (Å²) < 4.78 is 0. The van der Waals surface area contributed by atoms with Crippen LogP contribution in [-0.2, 0) is 0 Å². The van der Waals surface area contributed by atoms with Crippen molar-refractivity contribution >= 4 is 17.2 Å². The van der Waals surface area contributed by atoms with Gasteiger partial charge in [0.1, 0.15) is 4.88 Å². The zero-order valence-corrected chi connectivity index (χ0v) is 8.31. The summed E-state index contributed by atoms with van der Waals surface area (Å²) in [5.74, 6) is 2.28. The van der Waals surface area contributed by atoms with Gasteiger partial charge in [0.15, 0.2) is 0 Å². The predicted octanol–water partition coefficient (Wildman–Crippen LogP) is 1.20. The summed E-state index contributed by atoms with van der Waals surface area (Å²) in [6.45, 7) is 3.56. The fraction of sp³-hybridized carbons (Fsp3) is 0.333. The number of aromatic nitrogens is 1. The molecule has 1 N–H and O–H groups in total. The van der Waals surface area contributed by atoms with Crippen molar-refractivity contribution in [2.45, 2.75) is 19.9 Å². The summed E-state index contributed by atoms with van der Waals surface area (Å²) in [5, 5.41) is 2.67. The van der Waals surface area contributed by atoms with Crippen LogP contribution in [0, 0.1) is 19.3 Å². The van der Waals surface area contributed by atoms with E-state index in [2.05, 4.69) is 16.2 Å². The second-order valence-corrected chi connectivity index (χ2v) is 3.48. The predicted molar refractivity (Wildman–Crippen MR) is 52.6 cm³/mol. The molecule has 1 unspecified atom stereocenters. The molecule has 0 saturated heterocycles. The fourth-order valence-corrected chi connectivity index (χ4v) is 1.53. The summed E-state index contributed by atoms with van der Waals surface area (Å²) in [5.41, 5.74) is 2.39. The number of thiazole rings is 1. The van der Waals surface area contributed by atoms with Crippen molar-refractivity contribution in [3.05, 3.63) is 16.1 Å². The van der Waals surface area contributed by atoms with E-state index in [1.54, 1.807) is 19.4 Å². The molecule has 4 heteroatoms. The van der Waals surface area contributed by atoms with Gasteiger partial charge in [-0.15, -0.1) is 17.8 Å². The quantitative estimate of drug-likeness (QED) is 0.719. The first kappa shape index (κ1) is 9.75. The summed E-state index contributed by atoms with van der Waals surface area (Å²) in [4.78, 5) is 16.1. The minimum absolute atomic E-state index is 0.148. The van der Waals surface area contributed by atoms with Crippen LogP contribution in [0.4, 0.5) is 0 Å². The molecule has 1 aromatic rings. The zero-order chi connectivity index (χ0) is 9.84. The number of aryl methyl sites for hydroxylation is 1. The molecule has 1 aromatic heterocycles. The van der Waals surface area contributed by atoms with Crippen LogP contribution < -0.4 is 5.32 Å². The van der Waals surface area contributed by atoms with Gasteiger partial charge in [-0.05, 0) is 13.8 Å². The Morgan fingerprint density at radius 2 is 2.54 bits per heavy atom. The summed E-state index contributed by atoms with van der Waals surface area (Å²) >= 11 is 1.32. The van der Waals surface area contributed by atoms with E-state index in [1.807, 2.05) is 0 Å². The van der Waals surface area contributed by atoms with Gasteiger partial charge in [0.25, 0.3) is 5.91 Å². The molecule has 0 bridgehead atoms. The highest BCUT2D eigenvalue weighted by molar-refractivity contribution is 7.11. The highest BCUT2D eigenvalue weighted by atomic mass is 32.1. The third-order valence-corrected chi connectivity index (χ3v) is 2.48. The Morgan fingerprint density at radius 1 is 1.85 bits per heavy atom. The monoisotopic (exact) mass is 194 g/mol. The number of terminal acetylenes is 1. The molecule has 1 amide bonds. The maximum Gasteiger partial charge on any atom is 0.264 e. The molecule has 1 heterocycles. The van der Waals surface area contributed by atoms with Crippen molar-refractivity contribution in [3.63, 3.8) is 0 Å². The van der Waals surface area contributed by atoms with Crippen LogP contribution in [0.15, 0.2) is 5.51 Å². The maximum absolute atomic E-state index is 11.5. The van der Waals surface area contributed by atoms with Crippen molar-refractivity contribution in [1.29, 1.82) is 0 Å². The van der Waals surface area contributed by atoms with Crippen LogP contribution in [0.25, 0.3) is 0 Å². The van der Waals surface area contributed by atoms with Crippen LogP contribution >= 0.6 is 11.3 Å². The lowest BCUT2D eigenvalue weighted by Gasteiger charge is -2.05. The van der Waals surface area contributed by atoms with Crippen molar-refractivity contribution in [2.24, 2.45) is 0 Å². The van der Waals surface area contributed by atoms with Gasteiger partial charge in [0.05, 0.1) is 17.2 Å². The van der Waals surface area contributed by atoms with E-state index in [0.29, 0.717) is 4.88 Å². The van der Waals surface area contributed by atoms with E-state index in [1.165, 1.54) is 11.3 Å². The number of nitrogens with one attached hydrogen (secondary N) is 1. The van der Waals surface area contributed by atoms with Gasteiger partial charge in [-0.3, -0.25) is 4.79 Å². The lowest BCUT2D eigenvalue weighted by Crippen LogP contribution is -2.31. The molecule has 1 rings (SSSR count). The number of carbonyl (C=O) groups excluding carboxylic acids is 1. The van der Waals surface area contributed by atoms with Gasteiger partial charge in [0, 0.05) is 0 Å². The number of nitrogens with zero attached hydrogens (tertiary/aromatic N) is 1. The maximum atomic E-state index is 11.5. The highest BCUT2D eigenvalue weighted by Gasteiger charge is 2.12. The third kappa shape index (κ3) is 2.30. The van der Waals surface area contributed by atoms with Gasteiger partial charge in [-0.25, -0.2) is 4.98 Å². The minimum atomic E-state index is -0.242. The topological polar surface area (TPSA) is 42.0 Å². The number of hydrogen-bond donors (Lipinski definition) is 1. The number of hydrogen-bond acceptors (Lipinski definition) is 3. The van der Waals surface area contributed by atoms with Gasteiger partial charge in [-0.2, -0.15) is 0 Å². The second-order valence-electron chi connectivity index (χ2n) is 2.63. The Morgan fingerprint density at radius 3 is 3.00 bits per heavy atom. The van der Waals surface area contributed by atoms with Crippen molar-refractivity contribution in [3.8, 4) is 12.3 Å². The van der Waals surface area contributed by atoms with Gasteiger partial charge < -0.3 is 5.32 Å². The molecule has 13 heavy (non-hydrogen) atoms. The van der Waals surface area contributed by atoms with Gasteiger partial charge >= 0.3 is 0 Å². The molecule has 0 saturated carbocycles. The molecule has 3 nitrogen and oxygen atoms in total. The molecular weight excluding hydrogens is 184 g/mol. The van der Waals surface area contributed by atoms with E-state index in [4.69, 9.17) is 6.42 Å². The van der Waals surface area contributed by atoms with Crippen LogP contribution in [0.5, 0.6) is 0 Å². The SMILES string of the molecule is C#CC(C)NC(=O)c1scnc1C. The number of carbonyl (C=O) groups is 1. The molecular formula is C9H10N2OS. The van der Waals surface area contributed by atoms with E-state index >= 15 is 0 Å². The Hall–Kier alpha value is -1.34. The first-order chi connectivity index (χ1) is 6.15. The molecule has 1 atom stereocenters. The lowest BCUT2D eigenvalue weighted by atomic mass is 10.3. The summed E-state index contributed by atoms with van der Waals surface area (Å²) in [6.07, 6.45) is 5.13. The van der Waals surface area contributed by atoms with Crippen molar-refractivity contribution in [2.75, 3.05) is 0 Å². The Kier molecular flexibility index (Phi) is 3.04. The standard InChI is InChI=1S/C9H10N2OS/c1-4-6(2)11-9(12)8-7(3)10-5-13-8/h1,5-6H,2-3H3,(H,11,12). The Bertz CT molecular complexity index is 351. The molecule has 0 aliphatic rings. The van der Waals surface area contributed by atoms with Crippen molar-refractivity contribution in [1.82, 2.24) is 10.3 Å². The Labute approximate surface area is 81.2 Å². The van der Waals surface area contributed by atoms with E-state index in [0.717, 1.165) is 5.69 Å². The number of amides is 1.